The summed E-state index contributed by atoms with van der Waals surface area (Å²) in [4.78, 5) is 6.58. The highest BCUT2D eigenvalue weighted by Gasteiger charge is 2.43. The van der Waals surface area contributed by atoms with Gasteiger partial charge in [-0.2, -0.15) is 4.98 Å². The number of aromatic nitrogens is 2. The summed E-state index contributed by atoms with van der Waals surface area (Å²) in [6, 6.07) is 7.99. The van der Waals surface area contributed by atoms with Crippen molar-refractivity contribution < 1.29 is 9.63 Å². The Hall–Kier alpha value is -1.98. The Morgan fingerprint density at radius 3 is 2.57 bits per heavy atom. The number of nitrogens with zero attached hydrogens (tertiary/aromatic N) is 3. The molecular formula is C18H21N3O2. The number of hydrogen-bond acceptors (Lipinski definition) is 5. The molecule has 5 heteroatoms. The molecule has 3 aliphatic rings. The Balaban J connectivity index is 1.50. The summed E-state index contributed by atoms with van der Waals surface area (Å²) in [6.07, 6.45) is 6.19. The molecule has 4 heterocycles. The molecule has 5 nitrogen and oxygen atoms in total. The molecule has 1 atom stereocenters. The van der Waals surface area contributed by atoms with Gasteiger partial charge in [0.2, 0.25) is 11.7 Å². The van der Waals surface area contributed by atoms with Crippen molar-refractivity contribution in [2.45, 2.75) is 25.4 Å². The summed E-state index contributed by atoms with van der Waals surface area (Å²) in [5.74, 6) is 1.56. The van der Waals surface area contributed by atoms with Gasteiger partial charge in [-0.1, -0.05) is 41.6 Å². The quantitative estimate of drug-likeness (QED) is 0.943. The molecule has 0 radical (unpaired) electrons. The minimum Gasteiger partial charge on any atom is -0.384 e. The van der Waals surface area contributed by atoms with E-state index >= 15 is 0 Å². The fraction of sp³-hybridized carbons (Fsp3) is 0.444. The highest BCUT2D eigenvalue weighted by Crippen LogP contribution is 2.36. The predicted molar refractivity (Wildman–Crippen MR) is 87.6 cm³/mol. The lowest BCUT2D eigenvalue weighted by atomic mass is 9.75. The van der Waals surface area contributed by atoms with Crippen molar-refractivity contribution in [3.63, 3.8) is 0 Å². The van der Waals surface area contributed by atoms with Crippen molar-refractivity contribution in [3.05, 3.63) is 41.8 Å². The third-order valence-electron chi connectivity index (χ3n) is 5.03. The van der Waals surface area contributed by atoms with Crippen LogP contribution in [0.1, 0.15) is 24.3 Å². The van der Waals surface area contributed by atoms with Gasteiger partial charge in [-0.25, -0.2) is 0 Å². The standard InChI is InChI=1S/C18H21N3O2/c1-13-19-17(20-23-13)15-4-2-14(3-5-15)6-9-18(22)12-21-10-7-16(18)8-11-21/h2-6,9,16,22H,7-8,10-12H2,1H3. The van der Waals surface area contributed by atoms with Crippen LogP contribution in [-0.2, 0) is 0 Å². The molecule has 3 saturated heterocycles. The molecule has 5 rings (SSSR count). The molecule has 3 fully saturated rings. The monoisotopic (exact) mass is 311 g/mol. The number of rotatable bonds is 3. The molecule has 2 bridgehead atoms. The van der Waals surface area contributed by atoms with Crippen LogP contribution in [0.5, 0.6) is 0 Å². The molecule has 1 unspecified atom stereocenters. The van der Waals surface area contributed by atoms with Gasteiger partial charge in [0.25, 0.3) is 0 Å². The molecule has 0 saturated carbocycles. The van der Waals surface area contributed by atoms with E-state index in [0.717, 1.165) is 43.6 Å². The molecule has 1 aromatic carbocycles. The Kier molecular flexibility index (Phi) is 3.54. The fourth-order valence-electron chi connectivity index (χ4n) is 3.67. The minimum atomic E-state index is -0.681. The SMILES string of the molecule is Cc1nc(-c2ccc(C=CC3(O)CN4CCC3CC4)cc2)no1. The second kappa shape index (κ2) is 5.58. The Morgan fingerprint density at radius 1 is 1.26 bits per heavy atom. The second-order valence-electron chi connectivity index (χ2n) is 6.63. The molecule has 23 heavy (non-hydrogen) atoms. The fourth-order valence-corrected chi connectivity index (χ4v) is 3.67. The van der Waals surface area contributed by atoms with Gasteiger partial charge in [-0.3, -0.25) is 0 Å². The maximum Gasteiger partial charge on any atom is 0.223 e. The highest BCUT2D eigenvalue weighted by atomic mass is 16.5. The summed E-state index contributed by atoms with van der Waals surface area (Å²) < 4.78 is 5.00. The largest absolute Gasteiger partial charge is 0.384 e. The third kappa shape index (κ3) is 2.82. The average Bonchev–Trinajstić information content (AvgIpc) is 3.01. The molecule has 1 aromatic heterocycles. The van der Waals surface area contributed by atoms with Gasteiger partial charge in [-0.05, 0) is 37.4 Å². The smallest absolute Gasteiger partial charge is 0.223 e. The number of aliphatic hydroxyl groups is 1. The van der Waals surface area contributed by atoms with E-state index in [1.807, 2.05) is 36.4 Å². The molecule has 0 spiro atoms. The van der Waals surface area contributed by atoms with Crippen molar-refractivity contribution in [2.75, 3.05) is 19.6 Å². The van der Waals surface area contributed by atoms with E-state index in [2.05, 4.69) is 15.0 Å². The molecule has 0 aliphatic carbocycles. The van der Waals surface area contributed by atoms with Gasteiger partial charge in [0.1, 0.15) is 0 Å². The van der Waals surface area contributed by atoms with E-state index < -0.39 is 5.60 Å². The topological polar surface area (TPSA) is 62.4 Å². The number of aryl methyl sites for hydroxylation is 1. The first kappa shape index (κ1) is 14.6. The summed E-state index contributed by atoms with van der Waals surface area (Å²) in [6.45, 7) is 4.79. The molecule has 2 aromatic rings. The van der Waals surface area contributed by atoms with Crippen LogP contribution in [0.25, 0.3) is 17.5 Å². The Morgan fingerprint density at radius 2 is 2.00 bits per heavy atom. The van der Waals surface area contributed by atoms with Crippen molar-refractivity contribution in [3.8, 4) is 11.4 Å². The molecule has 120 valence electrons. The van der Waals surface area contributed by atoms with Gasteiger partial charge in [0.05, 0.1) is 5.60 Å². The van der Waals surface area contributed by atoms with Crippen LogP contribution < -0.4 is 0 Å². The lowest BCUT2D eigenvalue weighted by molar-refractivity contribution is -0.0775. The van der Waals surface area contributed by atoms with Crippen LogP contribution in [0.15, 0.2) is 34.9 Å². The van der Waals surface area contributed by atoms with Gasteiger partial charge in [0.15, 0.2) is 0 Å². The highest BCUT2D eigenvalue weighted by molar-refractivity contribution is 5.59. The molecular weight excluding hydrogens is 290 g/mol. The average molecular weight is 311 g/mol. The summed E-state index contributed by atoms with van der Waals surface area (Å²) in [5, 5.41) is 14.8. The van der Waals surface area contributed by atoms with E-state index in [-0.39, 0.29) is 0 Å². The lowest BCUT2D eigenvalue weighted by Gasteiger charge is -2.49. The third-order valence-corrected chi connectivity index (χ3v) is 5.03. The maximum absolute atomic E-state index is 10.9. The van der Waals surface area contributed by atoms with Crippen molar-refractivity contribution in [2.24, 2.45) is 5.92 Å². The van der Waals surface area contributed by atoms with Crippen molar-refractivity contribution >= 4 is 6.08 Å². The van der Waals surface area contributed by atoms with Crippen LogP contribution in [-0.4, -0.2) is 45.4 Å². The van der Waals surface area contributed by atoms with Gasteiger partial charge < -0.3 is 14.5 Å². The van der Waals surface area contributed by atoms with E-state index in [1.54, 1.807) is 6.92 Å². The van der Waals surface area contributed by atoms with Gasteiger partial charge >= 0.3 is 0 Å². The molecule has 3 aliphatic heterocycles. The van der Waals surface area contributed by atoms with Crippen molar-refractivity contribution in [1.29, 1.82) is 0 Å². The van der Waals surface area contributed by atoms with E-state index in [0.29, 0.717) is 17.6 Å². The van der Waals surface area contributed by atoms with Gasteiger partial charge in [-0.15, -0.1) is 0 Å². The molecule has 0 amide bonds. The normalized spacial score (nSPS) is 30.2. The number of piperidine rings is 3. The van der Waals surface area contributed by atoms with Crippen molar-refractivity contribution in [1.82, 2.24) is 15.0 Å². The van der Waals surface area contributed by atoms with E-state index in [9.17, 15) is 5.11 Å². The number of benzene rings is 1. The van der Waals surface area contributed by atoms with Crippen LogP contribution in [0.3, 0.4) is 0 Å². The van der Waals surface area contributed by atoms with Crippen LogP contribution in [0.2, 0.25) is 0 Å². The molecule has 1 N–H and O–H groups in total. The summed E-state index contributed by atoms with van der Waals surface area (Å²) in [5.41, 5.74) is 1.32. The zero-order chi connectivity index (χ0) is 15.9. The number of fused-ring (bicyclic) bond motifs is 3. The number of hydrogen-bond donors (Lipinski definition) is 1. The first-order chi connectivity index (χ1) is 11.1. The second-order valence-corrected chi connectivity index (χ2v) is 6.63. The van der Waals surface area contributed by atoms with Crippen LogP contribution in [0, 0.1) is 12.8 Å². The summed E-state index contributed by atoms with van der Waals surface area (Å²) >= 11 is 0. The Bertz CT molecular complexity index is 714. The Labute approximate surface area is 135 Å². The summed E-state index contributed by atoms with van der Waals surface area (Å²) in [7, 11) is 0. The van der Waals surface area contributed by atoms with E-state index in [4.69, 9.17) is 4.52 Å². The van der Waals surface area contributed by atoms with Gasteiger partial charge in [0, 0.05) is 19.0 Å². The van der Waals surface area contributed by atoms with E-state index in [1.165, 1.54) is 0 Å². The zero-order valence-electron chi connectivity index (χ0n) is 13.3. The first-order valence-corrected chi connectivity index (χ1v) is 8.17. The van der Waals surface area contributed by atoms with Crippen LogP contribution >= 0.6 is 0 Å². The predicted octanol–water partition coefficient (Wildman–Crippen LogP) is 2.51. The minimum absolute atomic E-state index is 0.394. The first-order valence-electron chi connectivity index (χ1n) is 8.17. The maximum atomic E-state index is 10.9. The van der Waals surface area contributed by atoms with Crippen LogP contribution in [0.4, 0.5) is 0 Å². The zero-order valence-corrected chi connectivity index (χ0v) is 13.3. The lowest BCUT2D eigenvalue weighted by Crippen LogP contribution is -2.58.